The number of amides is 2. The lowest BCUT2D eigenvalue weighted by Crippen LogP contribution is -2.41. The van der Waals surface area contributed by atoms with Gasteiger partial charge in [-0.15, -0.1) is 11.3 Å². The Kier molecular flexibility index (Phi) is 6.30. The number of hydrogen-bond donors (Lipinski definition) is 0. The molecule has 2 aromatic carbocycles. The van der Waals surface area contributed by atoms with Gasteiger partial charge in [0, 0.05) is 12.1 Å². The van der Waals surface area contributed by atoms with Gasteiger partial charge in [-0.05, 0) is 60.7 Å². The number of imide groups is 1. The second-order valence-corrected chi connectivity index (χ2v) is 9.98. The average molecular weight is 494 g/mol. The van der Waals surface area contributed by atoms with E-state index in [2.05, 4.69) is 0 Å². The highest BCUT2D eigenvalue weighted by molar-refractivity contribution is 8.00. The number of benzene rings is 2. The highest BCUT2D eigenvalue weighted by Gasteiger charge is 2.33. The SMILES string of the molecule is O=C(c1ccc(F)cc1)N1CCCCC(Sc2nc3sccc3c(=O)n2-c2ccccc2)C1=O. The molecule has 0 saturated carbocycles. The predicted molar refractivity (Wildman–Crippen MR) is 131 cm³/mol. The Morgan fingerprint density at radius 1 is 1.03 bits per heavy atom. The fourth-order valence-corrected chi connectivity index (χ4v) is 5.99. The summed E-state index contributed by atoms with van der Waals surface area (Å²) in [6.45, 7) is 0.301. The maximum atomic E-state index is 13.5. The molecule has 2 amide bonds. The number of aromatic nitrogens is 2. The van der Waals surface area contributed by atoms with Crippen LogP contribution in [0.4, 0.5) is 4.39 Å². The molecule has 1 unspecified atom stereocenters. The second kappa shape index (κ2) is 9.52. The van der Waals surface area contributed by atoms with E-state index in [4.69, 9.17) is 4.98 Å². The fourth-order valence-electron chi connectivity index (χ4n) is 3.97. The molecule has 0 radical (unpaired) electrons. The number of thioether (sulfide) groups is 1. The lowest BCUT2D eigenvalue weighted by molar-refractivity contribution is -0.127. The molecule has 1 atom stereocenters. The number of nitrogens with zero attached hydrogens (tertiary/aromatic N) is 3. The molecule has 0 spiro atoms. The van der Waals surface area contributed by atoms with Gasteiger partial charge in [0.25, 0.3) is 11.5 Å². The van der Waals surface area contributed by atoms with Gasteiger partial charge < -0.3 is 0 Å². The van der Waals surface area contributed by atoms with Gasteiger partial charge in [0.05, 0.1) is 16.3 Å². The van der Waals surface area contributed by atoms with Crippen LogP contribution in [-0.2, 0) is 4.79 Å². The maximum absolute atomic E-state index is 13.5. The number of rotatable bonds is 4. The van der Waals surface area contributed by atoms with Gasteiger partial charge in [-0.1, -0.05) is 36.4 Å². The van der Waals surface area contributed by atoms with Crippen LogP contribution in [0.15, 0.2) is 76.0 Å². The van der Waals surface area contributed by atoms with E-state index < -0.39 is 17.0 Å². The van der Waals surface area contributed by atoms with E-state index in [1.807, 2.05) is 35.7 Å². The first-order valence-electron chi connectivity index (χ1n) is 10.9. The Hall–Kier alpha value is -3.30. The normalized spacial score (nSPS) is 16.6. The average Bonchev–Trinajstić information content (AvgIpc) is 3.25. The van der Waals surface area contributed by atoms with Crippen molar-refractivity contribution in [1.29, 1.82) is 0 Å². The Morgan fingerprint density at radius 2 is 1.79 bits per heavy atom. The zero-order chi connectivity index (χ0) is 23.7. The Bertz CT molecular complexity index is 1420. The molecule has 0 bridgehead atoms. The molecule has 5 rings (SSSR count). The van der Waals surface area contributed by atoms with Crippen LogP contribution in [-0.4, -0.2) is 38.1 Å². The van der Waals surface area contributed by atoms with Crippen LogP contribution in [0.1, 0.15) is 29.6 Å². The van der Waals surface area contributed by atoms with Crippen molar-refractivity contribution in [3.63, 3.8) is 0 Å². The largest absolute Gasteiger partial charge is 0.278 e. The molecule has 6 nitrogen and oxygen atoms in total. The van der Waals surface area contributed by atoms with Crippen molar-refractivity contribution in [3.8, 4) is 5.69 Å². The minimum Gasteiger partial charge on any atom is -0.278 e. The van der Waals surface area contributed by atoms with Gasteiger partial charge in [-0.3, -0.25) is 23.9 Å². The van der Waals surface area contributed by atoms with Crippen molar-refractivity contribution in [3.05, 3.63) is 87.8 Å². The molecule has 9 heteroatoms. The molecular formula is C25H20FN3O3S2. The summed E-state index contributed by atoms with van der Waals surface area (Å²) in [5.74, 6) is -1.21. The Balaban J connectivity index is 1.51. The number of likely N-dealkylation sites (tertiary alicyclic amines) is 1. The summed E-state index contributed by atoms with van der Waals surface area (Å²) in [5.41, 5.74) is 0.732. The van der Waals surface area contributed by atoms with Crippen molar-refractivity contribution in [2.45, 2.75) is 29.7 Å². The second-order valence-electron chi connectivity index (χ2n) is 7.91. The molecule has 0 aliphatic carbocycles. The number of hydrogen-bond acceptors (Lipinski definition) is 6. The van der Waals surface area contributed by atoms with Crippen molar-refractivity contribution in [2.75, 3.05) is 6.54 Å². The van der Waals surface area contributed by atoms with Gasteiger partial charge >= 0.3 is 0 Å². The van der Waals surface area contributed by atoms with Crippen molar-refractivity contribution in [2.24, 2.45) is 0 Å². The maximum Gasteiger partial charge on any atom is 0.267 e. The summed E-state index contributed by atoms with van der Waals surface area (Å²) in [5, 5.41) is 2.19. The predicted octanol–water partition coefficient (Wildman–Crippen LogP) is 4.90. The molecule has 3 heterocycles. The van der Waals surface area contributed by atoms with Gasteiger partial charge in [0.1, 0.15) is 10.6 Å². The fraction of sp³-hybridized carbons (Fsp3) is 0.200. The lowest BCUT2D eigenvalue weighted by atomic mass is 10.2. The van der Waals surface area contributed by atoms with E-state index in [9.17, 15) is 18.8 Å². The number of carbonyl (C=O) groups excluding carboxylic acids is 2. The smallest absolute Gasteiger partial charge is 0.267 e. The van der Waals surface area contributed by atoms with E-state index in [0.29, 0.717) is 40.4 Å². The summed E-state index contributed by atoms with van der Waals surface area (Å²) in [6, 6.07) is 16.1. The molecule has 172 valence electrons. The monoisotopic (exact) mass is 493 g/mol. The third-order valence-corrected chi connectivity index (χ3v) is 7.72. The molecule has 1 aliphatic heterocycles. The van der Waals surface area contributed by atoms with Crippen LogP contribution in [0.25, 0.3) is 15.9 Å². The quantitative estimate of drug-likeness (QED) is 0.299. The van der Waals surface area contributed by atoms with Crippen molar-refractivity contribution >= 4 is 45.1 Å². The molecular weight excluding hydrogens is 473 g/mol. The first kappa shape index (κ1) is 22.5. The zero-order valence-corrected chi connectivity index (χ0v) is 19.7. The summed E-state index contributed by atoms with van der Waals surface area (Å²) in [7, 11) is 0. The highest BCUT2D eigenvalue weighted by Crippen LogP contribution is 2.32. The van der Waals surface area contributed by atoms with Gasteiger partial charge in [0.2, 0.25) is 5.91 Å². The van der Waals surface area contributed by atoms with Gasteiger partial charge in [-0.25, -0.2) is 9.37 Å². The number of halogens is 1. The lowest BCUT2D eigenvalue weighted by Gasteiger charge is -2.23. The van der Waals surface area contributed by atoms with E-state index >= 15 is 0 Å². The number of carbonyl (C=O) groups is 2. The molecule has 34 heavy (non-hydrogen) atoms. The first-order chi connectivity index (χ1) is 16.5. The molecule has 1 aliphatic rings. The van der Waals surface area contributed by atoms with Crippen LogP contribution in [0.2, 0.25) is 0 Å². The van der Waals surface area contributed by atoms with Crippen LogP contribution >= 0.6 is 23.1 Å². The minimum absolute atomic E-state index is 0.194. The minimum atomic E-state index is -0.578. The van der Waals surface area contributed by atoms with Gasteiger partial charge in [0.15, 0.2) is 5.16 Å². The van der Waals surface area contributed by atoms with E-state index in [1.54, 1.807) is 6.07 Å². The third-order valence-electron chi connectivity index (χ3n) is 5.70. The van der Waals surface area contributed by atoms with Crippen LogP contribution in [0, 0.1) is 5.82 Å². The highest BCUT2D eigenvalue weighted by atomic mass is 32.2. The topological polar surface area (TPSA) is 72.3 Å². The standard InChI is InChI=1S/C25H20FN3O3S2/c26-17-11-9-16(10-12-17)22(30)28-14-5-4-8-20(24(28)32)34-25-27-21-19(13-15-33-21)23(31)29(25)18-6-2-1-3-7-18/h1-3,6-7,9-13,15,20H,4-5,8,14H2. The van der Waals surface area contributed by atoms with Crippen LogP contribution < -0.4 is 5.56 Å². The molecule has 1 fully saturated rings. The first-order valence-corrected chi connectivity index (χ1v) is 12.6. The molecule has 1 saturated heterocycles. The molecule has 4 aromatic rings. The number of para-hydroxylation sites is 1. The van der Waals surface area contributed by atoms with Gasteiger partial charge in [-0.2, -0.15) is 0 Å². The van der Waals surface area contributed by atoms with E-state index in [-0.39, 0.29) is 17.0 Å². The summed E-state index contributed by atoms with van der Waals surface area (Å²) < 4.78 is 14.8. The number of fused-ring (bicyclic) bond motifs is 1. The Labute approximate surface area is 203 Å². The van der Waals surface area contributed by atoms with E-state index in [1.165, 1.54) is 56.8 Å². The summed E-state index contributed by atoms with van der Waals surface area (Å²) in [4.78, 5) is 46.4. The third kappa shape index (κ3) is 4.28. The van der Waals surface area contributed by atoms with Crippen LogP contribution in [0.5, 0.6) is 0 Å². The van der Waals surface area contributed by atoms with Crippen molar-refractivity contribution < 1.29 is 14.0 Å². The molecule has 0 N–H and O–H groups in total. The summed E-state index contributed by atoms with van der Waals surface area (Å²) in [6.07, 6.45) is 2.00. The molecule has 2 aromatic heterocycles. The van der Waals surface area contributed by atoms with Crippen molar-refractivity contribution in [1.82, 2.24) is 14.5 Å². The van der Waals surface area contributed by atoms with E-state index in [0.717, 1.165) is 6.42 Å². The number of thiophene rings is 1. The Morgan fingerprint density at radius 3 is 2.56 bits per heavy atom. The summed E-state index contributed by atoms with van der Waals surface area (Å²) >= 11 is 2.59. The zero-order valence-electron chi connectivity index (χ0n) is 18.0. The van der Waals surface area contributed by atoms with Crippen LogP contribution in [0.3, 0.4) is 0 Å².